The lowest BCUT2D eigenvalue weighted by Crippen LogP contribution is -2.38. The summed E-state index contributed by atoms with van der Waals surface area (Å²) in [6.45, 7) is 3.73. The minimum absolute atomic E-state index is 0.267. The molecule has 0 aromatic heterocycles. The fourth-order valence-corrected chi connectivity index (χ4v) is 1.89. The Hall–Kier alpha value is -1.57. The quantitative estimate of drug-likeness (QED) is 0.521. The fourth-order valence-electron chi connectivity index (χ4n) is 1.89. The first-order chi connectivity index (χ1) is 9.36. The number of rotatable bonds is 7. The van der Waals surface area contributed by atoms with E-state index >= 15 is 0 Å². The average molecular weight is 286 g/mol. The fraction of sp³-hybridized carbons (Fsp3) is 0.538. The summed E-state index contributed by atoms with van der Waals surface area (Å²) in [5, 5.41) is 33.1. The van der Waals surface area contributed by atoms with Crippen LogP contribution < -0.4 is 5.32 Å². The third-order valence-corrected chi connectivity index (χ3v) is 3.00. The normalized spacial score (nSPS) is 15.7. The number of benzene rings is 1. The van der Waals surface area contributed by atoms with Crippen molar-refractivity contribution in [3.63, 3.8) is 0 Å². The van der Waals surface area contributed by atoms with E-state index < -0.39 is 28.6 Å². The summed E-state index contributed by atoms with van der Waals surface area (Å²) in [5.41, 5.74) is -0.394. The van der Waals surface area contributed by atoms with E-state index in [-0.39, 0.29) is 11.6 Å². The van der Waals surface area contributed by atoms with Crippen molar-refractivity contribution < 1.29 is 19.5 Å². The Morgan fingerprint density at radius 3 is 2.60 bits per heavy atom. The van der Waals surface area contributed by atoms with E-state index in [1.54, 1.807) is 6.92 Å². The number of nitrogens with zero attached hydrogens (tertiary/aromatic N) is 1. The molecule has 3 N–H and O–H groups in total. The number of nitrogens with one attached hydrogen (secondary N) is 1. The van der Waals surface area contributed by atoms with Gasteiger partial charge in [0, 0.05) is 18.7 Å². The molecule has 0 aliphatic heterocycles. The molecule has 0 aliphatic rings. The van der Waals surface area contributed by atoms with Crippen molar-refractivity contribution in [1.82, 2.24) is 5.32 Å². The Bertz CT molecular complexity index is 468. The smallest absolute Gasteiger partial charge is 0.305 e. The molecule has 3 unspecified atom stereocenters. The summed E-state index contributed by atoms with van der Waals surface area (Å²) in [5.74, 6) is -0.934. The van der Waals surface area contributed by atoms with Gasteiger partial charge >= 0.3 is 5.69 Å². The molecular weight excluding hydrogens is 267 g/mol. The third-order valence-electron chi connectivity index (χ3n) is 3.00. The molecule has 112 valence electrons. The van der Waals surface area contributed by atoms with Crippen LogP contribution in [0.15, 0.2) is 18.2 Å². The molecular formula is C13H19FN2O4. The molecule has 0 amide bonds. The number of aliphatic hydroxyl groups is 2. The van der Waals surface area contributed by atoms with E-state index in [0.29, 0.717) is 13.0 Å². The lowest BCUT2D eigenvalue weighted by atomic mass is 9.99. The summed E-state index contributed by atoms with van der Waals surface area (Å²) in [7, 11) is 0. The van der Waals surface area contributed by atoms with E-state index in [2.05, 4.69) is 5.32 Å². The summed E-state index contributed by atoms with van der Waals surface area (Å²) >= 11 is 0. The number of aliphatic hydroxyl groups excluding tert-OH is 2. The van der Waals surface area contributed by atoms with Gasteiger partial charge in [0.15, 0.2) is 0 Å². The largest absolute Gasteiger partial charge is 0.392 e. The first-order valence-electron chi connectivity index (χ1n) is 6.40. The molecule has 6 nitrogen and oxygen atoms in total. The van der Waals surface area contributed by atoms with Crippen LogP contribution >= 0.6 is 0 Å². The van der Waals surface area contributed by atoms with Crippen LogP contribution in [-0.2, 0) is 0 Å². The van der Waals surface area contributed by atoms with Crippen molar-refractivity contribution in [2.75, 3.05) is 6.54 Å². The lowest BCUT2D eigenvalue weighted by molar-refractivity contribution is -0.387. The summed E-state index contributed by atoms with van der Waals surface area (Å²) in [6, 6.07) is 2.94. The molecule has 3 atom stereocenters. The molecule has 0 aliphatic carbocycles. The highest BCUT2D eigenvalue weighted by Gasteiger charge is 2.23. The van der Waals surface area contributed by atoms with Gasteiger partial charge in [0.05, 0.1) is 17.1 Å². The van der Waals surface area contributed by atoms with E-state index in [0.717, 1.165) is 12.1 Å². The molecule has 1 rings (SSSR count). The monoisotopic (exact) mass is 286 g/mol. The van der Waals surface area contributed by atoms with Gasteiger partial charge in [-0.25, -0.2) is 0 Å². The van der Waals surface area contributed by atoms with Crippen molar-refractivity contribution in [2.24, 2.45) is 0 Å². The Kier molecular flexibility index (Phi) is 6.00. The molecule has 0 heterocycles. The van der Waals surface area contributed by atoms with Crippen molar-refractivity contribution in [1.29, 1.82) is 0 Å². The molecule has 0 saturated carbocycles. The van der Waals surface area contributed by atoms with Crippen LogP contribution in [0, 0.1) is 15.9 Å². The van der Waals surface area contributed by atoms with Gasteiger partial charge in [-0.2, -0.15) is 4.39 Å². The molecule has 0 saturated heterocycles. The third kappa shape index (κ3) is 4.22. The van der Waals surface area contributed by atoms with E-state index in [1.165, 1.54) is 6.07 Å². The number of nitro benzene ring substituents is 1. The van der Waals surface area contributed by atoms with E-state index in [9.17, 15) is 24.7 Å². The zero-order valence-electron chi connectivity index (χ0n) is 11.4. The zero-order valence-corrected chi connectivity index (χ0v) is 11.4. The Labute approximate surface area is 116 Å². The van der Waals surface area contributed by atoms with Crippen molar-refractivity contribution in [3.05, 3.63) is 39.7 Å². The highest BCUT2D eigenvalue weighted by Crippen LogP contribution is 2.25. The molecule has 7 heteroatoms. The molecule has 20 heavy (non-hydrogen) atoms. The summed E-state index contributed by atoms with van der Waals surface area (Å²) in [6.07, 6.45) is -1.03. The van der Waals surface area contributed by atoms with Crippen LogP contribution in [0.1, 0.15) is 31.9 Å². The molecule has 0 fully saturated rings. The Morgan fingerprint density at radius 1 is 1.45 bits per heavy atom. The standard InChI is InChI=1S/C13H19FN2O4/c1-3-11(15-7-8(2)17)13(18)9-4-5-10(14)12(6-9)16(19)20/h4-6,8,11,13,15,17-18H,3,7H2,1-2H3. The molecule has 0 radical (unpaired) electrons. The highest BCUT2D eigenvalue weighted by molar-refractivity contribution is 5.37. The zero-order chi connectivity index (χ0) is 15.3. The molecule has 1 aromatic carbocycles. The number of hydrogen-bond acceptors (Lipinski definition) is 5. The van der Waals surface area contributed by atoms with Crippen LogP contribution in [0.2, 0.25) is 0 Å². The molecule has 0 bridgehead atoms. The van der Waals surface area contributed by atoms with Gasteiger partial charge < -0.3 is 15.5 Å². The maximum Gasteiger partial charge on any atom is 0.305 e. The van der Waals surface area contributed by atoms with Crippen molar-refractivity contribution in [3.8, 4) is 0 Å². The summed E-state index contributed by atoms with van der Waals surface area (Å²) in [4.78, 5) is 9.86. The Balaban J connectivity index is 2.91. The second-order valence-corrected chi connectivity index (χ2v) is 4.68. The highest BCUT2D eigenvalue weighted by atomic mass is 19.1. The summed E-state index contributed by atoms with van der Waals surface area (Å²) < 4.78 is 13.2. The predicted molar refractivity (Wildman–Crippen MR) is 71.8 cm³/mol. The van der Waals surface area contributed by atoms with Gasteiger partial charge in [-0.05, 0) is 25.0 Å². The van der Waals surface area contributed by atoms with E-state index in [4.69, 9.17) is 0 Å². The van der Waals surface area contributed by atoms with Crippen molar-refractivity contribution in [2.45, 2.75) is 38.5 Å². The van der Waals surface area contributed by atoms with E-state index in [1.807, 2.05) is 6.92 Å². The molecule has 0 spiro atoms. The SMILES string of the molecule is CCC(NCC(C)O)C(O)c1ccc(F)c([N+](=O)[O-])c1. The van der Waals surface area contributed by atoms with Crippen LogP contribution in [0.25, 0.3) is 0 Å². The topological polar surface area (TPSA) is 95.6 Å². The van der Waals surface area contributed by atoms with Gasteiger partial charge in [0.2, 0.25) is 5.82 Å². The predicted octanol–water partition coefficient (Wildman–Crippen LogP) is 1.52. The van der Waals surface area contributed by atoms with Gasteiger partial charge in [-0.3, -0.25) is 10.1 Å². The van der Waals surface area contributed by atoms with Gasteiger partial charge in [-0.1, -0.05) is 13.0 Å². The first-order valence-corrected chi connectivity index (χ1v) is 6.40. The lowest BCUT2D eigenvalue weighted by Gasteiger charge is -2.24. The number of nitro groups is 1. The second-order valence-electron chi connectivity index (χ2n) is 4.68. The Morgan fingerprint density at radius 2 is 2.10 bits per heavy atom. The minimum Gasteiger partial charge on any atom is -0.392 e. The maximum atomic E-state index is 13.2. The maximum absolute atomic E-state index is 13.2. The number of hydrogen-bond donors (Lipinski definition) is 3. The van der Waals surface area contributed by atoms with Crippen LogP contribution in [0.5, 0.6) is 0 Å². The van der Waals surface area contributed by atoms with Gasteiger partial charge in [0.25, 0.3) is 0 Å². The van der Waals surface area contributed by atoms with Crippen molar-refractivity contribution >= 4 is 5.69 Å². The number of halogens is 1. The first kappa shape index (κ1) is 16.5. The average Bonchev–Trinajstić information content (AvgIpc) is 2.39. The molecule has 1 aromatic rings. The minimum atomic E-state index is -1.02. The van der Waals surface area contributed by atoms with Gasteiger partial charge in [0.1, 0.15) is 0 Å². The van der Waals surface area contributed by atoms with Crippen LogP contribution in [0.3, 0.4) is 0 Å². The second kappa shape index (κ2) is 7.28. The van der Waals surface area contributed by atoms with Gasteiger partial charge in [-0.15, -0.1) is 0 Å². The van der Waals surface area contributed by atoms with Crippen LogP contribution in [-0.4, -0.2) is 33.8 Å². The van der Waals surface area contributed by atoms with Crippen LogP contribution in [0.4, 0.5) is 10.1 Å².